The zero-order valence-corrected chi connectivity index (χ0v) is 27.6. The van der Waals surface area contributed by atoms with Crippen molar-refractivity contribution in [2.24, 2.45) is 0 Å². The summed E-state index contributed by atoms with van der Waals surface area (Å²) in [6, 6.07) is 54.0. The number of aryl methyl sites for hydroxylation is 2. The Morgan fingerprint density at radius 3 is 1.46 bits per heavy atom. The third kappa shape index (κ3) is 4.01. The van der Waals surface area contributed by atoms with E-state index in [0.717, 1.165) is 12.8 Å². The lowest BCUT2D eigenvalue weighted by Crippen LogP contribution is -2.00. The van der Waals surface area contributed by atoms with Gasteiger partial charge in [-0.1, -0.05) is 146 Å². The molecule has 0 fully saturated rings. The van der Waals surface area contributed by atoms with E-state index in [1.54, 1.807) is 0 Å². The van der Waals surface area contributed by atoms with Crippen molar-refractivity contribution in [1.82, 2.24) is 0 Å². The van der Waals surface area contributed by atoms with E-state index in [-0.39, 0.29) is 0 Å². The van der Waals surface area contributed by atoms with Crippen LogP contribution in [0.25, 0.3) is 81.0 Å². The first-order valence-corrected chi connectivity index (χ1v) is 17.7. The van der Waals surface area contributed by atoms with Crippen LogP contribution in [0.2, 0.25) is 0 Å². The molecule has 0 aliphatic heterocycles. The Balaban J connectivity index is 1.22. The smallest absolute Gasteiger partial charge is 0.0358 e. The van der Waals surface area contributed by atoms with Crippen molar-refractivity contribution in [3.63, 3.8) is 0 Å². The Labute approximate surface area is 284 Å². The van der Waals surface area contributed by atoms with Crippen LogP contribution >= 0.6 is 11.3 Å². The second-order valence-corrected chi connectivity index (χ2v) is 14.2. The highest BCUT2D eigenvalue weighted by Crippen LogP contribution is 2.49. The minimum absolute atomic E-state index is 1.06. The first-order valence-electron chi connectivity index (χ1n) is 16.9. The topological polar surface area (TPSA) is 0 Å². The molecule has 0 unspecified atom stereocenters. The SMILES string of the molecule is Cc1c2ccccc2c(C2=CCCc3sc4cc(-c5c6ccccc6c(-c6ccccc6)c6ccccc56)ccc4c32)c2ccccc12. The van der Waals surface area contributed by atoms with Crippen LogP contribution in [0.15, 0.2) is 152 Å². The van der Waals surface area contributed by atoms with Gasteiger partial charge >= 0.3 is 0 Å². The summed E-state index contributed by atoms with van der Waals surface area (Å²) in [5.41, 5.74) is 10.7. The van der Waals surface area contributed by atoms with E-state index in [1.165, 1.54) is 103 Å². The van der Waals surface area contributed by atoms with Gasteiger partial charge in [0.1, 0.15) is 0 Å². The molecule has 48 heavy (non-hydrogen) atoms. The first kappa shape index (κ1) is 27.6. The Morgan fingerprint density at radius 2 is 0.896 bits per heavy atom. The molecule has 226 valence electrons. The monoisotopic (exact) mass is 628 g/mol. The van der Waals surface area contributed by atoms with E-state index in [4.69, 9.17) is 0 Å². The van der Waals surface area contributed by atoms with Gasteiger partial charge in [-0.2, -0.15) is 0 Å². The molecule has 0 saturated carbocycles. The number of fused-ring (bicyclic) bond motifs is 7. The molecule has 0 bridgehead atoms. The van der Waals surface area contributed by atoms with Crippen LogP contribution in [-0.4, -0.2) is 0 Å². The molecule has 0 amide bonds. The van der Waals surface area contributed by atoms with Crippen LogP contribution in [0, 0.1) is 6.92 Å². The average Bonchev–Trinajstić information content (AvgIpc) is 3.53. The molecule has 10 rings (SSSR count). The Hall–Kier alpha value is -5.50. The molecule has 1 aliphatic rings. The van der Waals surface area contributed by atoms with Gasteiger partial charge in [0.05, 0.1) is 0 Å². The van der Waals surface area contributed by atoms with Gasteiger partial charge in [0.2, 0.25) is 0 Å². The van der Waals surface area contributed by atoms with Gasteiger partial charge < -0.3 is 0 Å². The quantitative estimate of drug-likeness (QED) is 0.171. The molecule has 1 heterocycles. The highest BCUT2D eigenvalue weighted by Gasteiger charge is 2.25. The van der Waals surface area contributed by atoms with Gasteiger partial charge in [0.15, 0.2) is 0 Å². The maximum atomic E-state index is 2.51. The molecule has 1 heteroatoms. The lowest BCUT2D eigenvalue weighted by atomic mass is 9.82. The molecule has 0 saturated heterocycles. The summed E-state index contributed by atoms with van der Waals surface area (Å²) in [6.07, 6.45) is 4.66. The lowest BCUT2D eigenvalue weighted by molar-refractivity contribution is 1.01. The van der Waals surface area contributed by atoms with E-state index >= 15 is 0 Å². The van der Waals surface area contributed by atoms with Crippen molar-refractivity contribution in [2.45, 2.75) is 19.8 Å². The summed E-state index contributed by atoms with van der Waals surface area (Å²) in [4.78, 5) is 1.50. The molecule has 0 N–H and O–H groups in total. The standard InChI is InChI=1S/C47H32S/c1-29-32-16-5-7-18-34(32)46(35-19-8-6-17-33(29)35)41-24-13-25-42-47(41)40-27-26-31(28-43(40)48-42)45-38-22-11-9-20-36(38)44(30-14-3-2-4-15-30)37-21-10-12-23-39(37)45/h2-12,14-24,26-28H,13,25H2,1H3. The highest BCUT2D eigenvalue weighted by molar-refractivity contribution is 7.19. The maximum Gasteiger partial charge on any atom is 0.0358 e. The highest BCUT2D eigenvalue weighted by atomic mass is 32.1. The van der Waals surface area contributed by atoms with Gasteiger partial charge in [0.25, 0.3) is 0 Å². The fourth-order valence-electron chi connectivity index (χ4n) is 8.44. The molecule has 8 aromatic carbocycles. The second-order valence-electron chi connectivity index (χ2n) is 13.1. The summed E-state index contributed by atoms with van der Waals surface area (Å²) < 4.78 is 1.37. The molecular weight excluding hydrogens is 597 g/mol. The number of hydrogen-bond acceptors (Lipinski definition) is 1. The molecule has 1 aliphatic carbocycles. The van der Waals surface area contributed by atoms with E-state index in [2.05, 4.69) is 159 Å². The van der Waals surface area contributed by atoms with Crippen LogP contribution in [0.3, 0.4) is 0 Å². The van der Waals surface area contributed by atoms with Crippen molar-refractivity contribution in [3.8, 4) is 22.3 Å². The summed E-state index contributed by atoms with van der Waals surface area (Å²) >= 11 is 1.99. The van der Waals surface area contributed by atoms with Crippen LogP contribution < -0.4 is 0 Å². The van der Waals surface area contributed by atoms with Crippen LogP contribution in [0.5, 0.6) is 0 Å². The van der Waals surface area contributed by atoms with Crippen molar-refractivity contribution in [1.29, 1.82) is 0 Å². The predicted octanol–water partition coefficient (Wildman–Crippen LogP) is 13.5. The third-order valence-electron chi connectivity index (χ3n) is 10.5. The van der Waals surface area contributed by atoms with Crippen LogP contribution in [0.1, 0.15) is 28.0 Å². The fraction of sp³-hybridized carbons (Fsp3) is 0.0638. The van der Waals surface area contributed by atoms with Gasteiger partial charge in [-0.05, 0) is 108 Å². The van der Waals surface area contributed by atoms with E-state index in [9.17, 15) is 0 Å². The van der Waals surface area contributed by atoms with E-state index < -0.39 is 0 Å². The summed E-state index contributed by atoms with van der Waals surface area (Å²) in [5, 5.41) is 12.0. The second kappa shape index (κ2) is 10.8. The van der Waals surface area contributed by atoms with Gasteiger partial charge in [-0.15, -0.1) is 11.3 Å². The normalized spacial score (nSPS) is 13.1. The number of hydrogen-bond donors (Lipinski definition) is 0. The first-order chi connectivity index (χ1) is 23.8. The molecular formula is C47H32S. The summed E-state index contributed by atoms with van der Waals surface area (Å²) in [6.45, 7) is 2.27. The van der Waals surface area contributed by atoms with E-state index in [0.29, 0.717) is 0 Å². The fourth-order valence-corrected chi connectivity index (χ4v) is 9.72. The Bertz CT molecular complexity index is 2660. The lowest BCUT2D eigenvalue weighted by Gasteiger charge is -2.21. The largest absolute Gasteiger partial charge is 0.140 e. The third-order valence-corrected chi connectivity index (χ3v) is 11.7. The number of thiophene rings is 1. The zero-order chi connectivity index (χ0) is 31.8. The van der Waals surface area contributed by atoms with Gasteiger partial charge in [-0.25, -0.2) is 0 Å². The molecule has 0 atom stereocenters. The predicted molar refractivity (Wildman–Crippen MR) is 209 cm³/mol. The summed E-state index contributed by atoms with van der Waals surface area (Å²) in [5.74, 6) is 0. The molecule has 0 radical (unpaired) electrons. The van der Waals surface area contributed by atoms with Crippen molar-refractivity contribution < 1.29 is 0 Å². The minimum Gasteiger partial charge on any atom is -0.140 e. The van der Waals surface area contributed by atoms with Crippen molar-refractivity contribution >= 4 is 70.1 Å². The molecule has 0 spiro atoms. The molecule has 1 aromatic heterocycles. The van der Waals surface area contributed by atoms with Crippen LogP contribution in [0.4, 0.5) is 0 Å². The van der Waals surface area contributed by atoms with Crippen molar-refractivity contribution in [3.05, 3.63) is 173 Å². The van der Waals surface area contributed by atoms with Gasteiger partial charge in [-0.3, -0.25) is 0 Å². The summed E-state index contributed by atoms with van der Waals surface area (Å²) in [7, 11) is 0. The average molecular weight is 629 g/mol. The van der Waals surface area contributed by atoms with Crippen LogP contribution in [-0.2, 0) is 6.42 Å². The number of allylic oxidation sites excluding steroid dienone is 1. The molecule has 9 aromatic rings. The van der Waals surface area contributed by atoms with Crippen molar-refractivity contribution in [2.75, 3.05) is 0 Å². The Morgan fingerprint density at radius 1 is 0.417 bits per heavy atom. The zero-order valence-electron chi connectivity index (χ0n) is 26.8. The number of benzene rings is 8. The molecule has 0 nitrogen and oxygen atoms in total. The maximum absolute atomic E-state index is 2.51. The minimum atomic E-state index is 1.06. The Kier molecular flexibility index (Phi) is 6.19. The number of rotatable bonds is 3. The van der Waals surface area contributed by atoms with Gasteiger partial charge in [0, 0.05) is 20.5 Å². The van der Waals surface area contributed by atoms with E-state index in [1.807, 2.05) is 11.3 Å².